The number of nitrogens with one attached hydrogen (secondary N) is 2. The van der Waals surface area contributed by atoms with Crippen molar-refractivity contribution < 1.29 is 0 Å². The molecule has 0 radical (unpaired) electrons. The third kappa shape index (κ3) is 2.27. The van der Waals surface area contributed by atoms with Crippen molar-refractivity contribution in [2.45, 2.75) is 25.3 Å². The maximum absolute atomic E-state index is 11.6. The highest BCUT2D eigenvalue weighted by Gasteiger charge is 2.32. The molecule has 3 heterocycles. The average molecular weight is 360 g/mol. The van der Waals surface area contributed by atoms with Crippen molar-refractivity contribution in [3.05, 3.63) is 20.3 Å². The lowest BCUT2D eigenvalue weighted by Gasteiger charge is -2.42. The van der Waals surface area contributed by atoms with Crippen molar-refractivity contribution in [3.8, 4) is 0 Å². The molecule has 2 saturated heterocycles. The Balaban J connectivity index is 1.81. The van der Waals surface area contributed by atoms with Crippen LogP contribution in [0.15, 0.2) is 11.1 Å². The highest BCUT2D eigenvalue weighted by atomic mass is 127. The van der Waals surface area contributed by atoms with E-state index in [9.17, 15) is 4.79 Å². The molecule has 18 heavy (non-hydrogen) atoms. The van der Waals surface area contributed by atoms with E-state index in [1.165, 1.54) is 19.2 Å². The lowest BCUT2D eigenvalue weighted by molar-refractivity contribution is 0.243. The van der Waals surface area contributed by atoms with Crippen LogP contribution in [0.1, 0.15) is 19.3 Å². The first-order valence-corrected chi connectivity index (χ1v) is 7.55. The number of fused-ring (bicyclic) bond motifs is 1. The zero-order valence-electron chi connectivity index (χ0n) is 10.2. The van der Waals surface area contributed by atoms with Gasteiger partial charge in [-0.25, -0.2) is 4.98 Å². The van der Waals surface area contributed by atoms with Gasteiger partial charge >= 0.3 is 0 Å². The molecule has 2 aliphatic rings. The molecule has 3 rings (SSSR count). The molecule has 2 aliphatic heterocycles. The second kappa shape index (κ2) is 5.16. The van der Waals surface area contributed by atoms with Crippen molar-refractivity contribution in [1.29, 1.82) is 0 Å². The monoisotopic (exact) mass is 360 g/mol. The van der Waals surface area contributed by atoms with Crippen molar-refractivity contribution >= 4 is 28.4 Å². The lowest BCUT2D eigenvalue weighted by atomic mass is 9.85. The van der Waals surface area contributed by atoms with E-state index in [1.807, 2.05) is 0 Å². The van der Waals surface area contributed by atoms with Crippen LogP contribution in [-0.2, 0) is 0 Å². The number of rotatable bonds is 1. The summed E-state index contributed by atoms with van der Waals surface area (Å²) in [6.07, 6.45) is 5.20. The van der Waals surface area contributed by atoms with E-state index in [-0.39, 0.29) is 5.56 Å². The van der Waals surface area contributed by atoms with Gasteiger partial charge in [0.1, 0.15) is 9.39 Å². The van der Waals surface area contributed by atoms with Crippen molar-refractivity contribution in [3.63, 3.8) is 0 Å². The molecule has 1 aromatic rings. The van der Waals surface area contributed by atoms with Crippen LogP contribution in [0.2, 0.25) is 0 Å². The number of H-pyrrole nitrogens is 1. The Bertz CT molecular complexity index is 489. The number of hydrogen-bond donors (Lipinski definition) is 2. The van der Waals surface area contributed by atoms with E-state index in [0.717, 1.165) is 31.9 Å². The molecule has 0 bridgehead atoms. The number of aromatic amines is 1. The van der Waals surface area contributed by atoms with E-state index < -0.39 is 0 Å². The zero-order chi connectivity index (χ0) is 12.5. The summed E-state index contributed by atoms with van der Waals surface area (Å²) < 4.78 is 0.706. The SMILES string of the molecule is O=c1[nH]cnc(N2CCC3NCCCC3C2)c1I. The Hall–Kier alpha value is -0.630. The zero-order valence-corrected chi connectivity index (χ0v) is 12.3. The van der Waals surface area contributed by atoms with Crippen LogP contribution in [0.4, 0.5) is 5.82 Å². The average Bonchev–Trinajstić information content (AvgIpc) is 2.41. The van der Waals surface area contributed by atoms with E-state index >= 15 is 0 Å². The first kappa shape index (κ1) is 12.4. The van der Waals surface area contributed by atoms with Gasteiger partial charge in [-0.15, -0.1) is 0 Å². The fourth-order valence-electron chi connectivity index (χ4n) is 3.03. The van der Waals surface area contributed by atoms with Gasteiger partial charge in [-0.2, -0.15) is 0 Å². The number of halogens is 1. The number of piperidine rings is 2. The normalized spacial score (nSPS) is 27.9. The minimum atomic E-state index is -0.0375. The quantitative estimate of drug-likeness (QED) is 0.733. The molecule has 0 saturated carbocycles. The van der Waals surface area contributed by atoms with Crippen LogP contribution in [0.25, 0.3) is 0 Å². The number of nitrogens with zero attached hydrogens (tertiary/aromatic N) is 2. The Kier molecular flexibility index (Phi) is 3.56. The van der Waals surface area contributed by atoms with Gasteiger partial charge in [0.15, 0.2) is 0 Å². The second-order valence-electron chi connectivity index (χ2n) is 5.07. The van der Waals surface area contributed by atoms with Gasteiger partial charge in [-0.05, 0) is 54.3 Å². The van der Waals surface area contributed by atoms with Crippen molar-refractivity contribution in [2.75, 3.05) is 24.5 Å². The summed E-state index contributed by atoms with van der Waals surface area (Å²) in [5.41, 5.74) is -0.0375. The number of aromatic nitrogens is 2. The van der Waals surface area contributed by atoms with Crippen molar-refractivity contribution in [1.82, 2.24) is 15.3 Å². The van der Waals surface area contributed by atoms with Gasteiger partial charge in [0, 0.05) is 19.1 Å². The predicted octanol–water partition coefficient (Wildman–Crippen LogP) is 0.953. The largest absolute Gasteiger partial charge is 0.355 e. The van der Waals surface area contributed by atoms with Gasteiger partial charge in [-0.1, -0.05) is 0 Å². The van der Waals surface area contributed by atoms with Gasteiger partial charge in [0.25, 0.3) is 5.56 Å². The molecule has 0 amide bonds. The first-order valence-electron chi connectivity index (χ1n) is 6.47. The third-order valence-electron chi connectivity index (χ3n) is 3.97. The third-order valence-corrected chi connectivity index (χ3v) is 4.94. The molecule has 0 spiro atoms. The molecule has 2 unspecified atom stereocenters. The van der Waals surface area contributed by atoms with Crippen LogP contribution in [0, 0.1) is 9.49 Å². The summed E-state index contributed by atoms with van der Waals surface area (Å²) in [6.45, 7) is 3.16. The summed E-state index contributed by atoms with van der Waals surface area (Å²) in [7, 11) is 0. The van der Waals surface area contributed by atoms with E-state index in [2.05, 4.69) is 42.8 Å². The van der Waals surface area contributed by atoms with E-state index in [4.69, 9.17) is 0 Å². The molecule has 2 atom stereocenters. The van der Waals surface area contributed by atoms with Crippen LogP contribution in [0.3, 0.4) is 0 Å². The topological polar surface area (TPSA) is 61.0 Å². The Labute approximate surface area is 120 Å². The molecular weight excluding hydrogens is 343 g/mol. The van der Waals surface area contributed by atoms with E-state index in [0.29, 0.717) is 15.5 Å². The van der Waals surface area contributed by atoms with E-state index in [1.54, 1.807) is 0 Å². The summed E-state index contributed by atoms with van der Waals surface area (Å²) in [6, 6.07) is 0.662. The van der Waals surface area contributed by atoms with Crippen molar-refractivity contribution in [2.24, 2.45) is 5.92 Å². The number of anilines is 1. The van der Waals surface area contributed by atoms with Crippen LogP contribution >= 0.6 is 22.6 Å². The smallest absolute Gasteiger partial charge is 0.266 e. The van der Waals surface area contributed by atoms with Gasteiger partial charge in [0.05, 0.1) is 6.33 Å². The summed E-state index contributed by atoms with van der Waals surface area (Å²) >= 11 is 2.09. The Morgan fingerprint density at radius 2 is 2.33 bits per heavy atom. The highest BCUT2D eigenvalue weighted by molar-refractivity contribution is 14.1. The maximum Gasteiger partial charge on any atom is 0.266 e. The molecule has 2 fully saturated rings. The summed E-state index contributed by atoms with van der Waals surface area (Å²) in [4.78, 5) is 20.9. The Morgan fingerprint density at radius 1 is 1.44 bits per heavy atom. The molecular formula is C12H17IN4O. The highest BCUT2D eigenvalue weighted by Crippen LogP contribution is 2.28. The minimum absolute atomic E-state index is 0.0375. The second-order valence-corrected chi connectivity index (χ2v) is 6.15. The molecule has 0 aliphatic carbocycles. The fraction of sp³-hybridized carbons (Fsp3) is 0.667. The van der Waals surface area contributed by atoms with Crippen LogP contribution in [0.5, 0.6) is 0 Å². The van der Waals surface area contributed by atoms with Gasteiger partial charge < -0.3 is 15.2 Å². The standard InChI is InChI=1S/C12H17IN4O/c13-10-11(15-7-16-12(10)18)17-5-3-9-8(6-17)2-1-4-14-9/h7-9,14H,1-6H2,(H,15,16,18). The molecule has 98 valence electrons. The maximum atomic E-state index is 11.6. The first-order chi connectivity index (χ1) is 8.75. The molecule has 5 nitrogen and oxygen atoms in total. The number of hydrogen-bond acceptors (Lipinski definition) is 4. The fourth-order valence-corrected chi connectivity index (χ4v) is 3.67. The van der Waals surface area contributed by atoms with Gasteiger partial charge in [-0.3, -0.25) is 4.79 Å². The predicted molar refractivity (Wildman–Crippen MR) is 78.9 cm³/mol. The Morgan fingerprint density at radius 3 is 3.22 bits per heavy atom. The molecule has 6 heteroatoms. The summed E-state index contributed by atoms with van der Waals surface area (Å²) in [5, 5.41) is 3.60. The lowest BCUT2D eigenvalue weighted by Crippen LogP contribution is -2.52. The minimum Gasteiger partial charge on any atom is -0.355 e. The molecule has 2 N–H and O–H groups in total. The summed E-state index contributed by atoms with van der Waals surface area (Å²) in [5.74, 6) is 1.55. The van der Waals surface area contributed by atoms with Crippen LogP contribution in [-0.4, -0.2) is 35.6 Å². The van der Waals surface area contributed by atoms with Gasteiger partial charge in [0.2, 0.25) is 0 Å². The van der Waals surface area contributed by atoms with Crippen LogP contribution < -0.4 is 15.8 Å². The molecule has 1 aromatic heterocycles. The molecule has 0 aromatic carbocycles.